The Balaban J connectivity index is 2.24. The molecule has 1 aliphatic heterocycles. The van der Waals surface area contributed by atoms with Gasteiger partial charge < -0.3 is 5.32 Å². The molecular weight excluding hydrogens is 230 g/mol. The molecule has 4 heteroatoms. The van der Waals surface area contributed by atoms with Crippen LogP contribution < -0.4 is 5.32 Å². The summed E-state index contributed by atoms with van der Waals surface area (Å²) in [4.78, 5) is 8.50. The molecule has 0 saturated heterocycles. The van der Waals surface area contributed by atoms with Crippen molar-refractivity contribution in [2.45, 2.75) is 6.42 Å². The maximum Gasteiger partial charge on any atom is 0.154 e. The van der Waals surface area contributed by atoms with E-state index < -0.39 is 0 Å². The van der Waals surface area contributed by atoms with E-state index in [4.69, 9.17) is 0 Å². The number of hydrogen-bond donors (Lipinski definition) is 1. The summed E-state index contributed by atoms with van der Waals surface area (Å²) in [5, 5.41) is 3.25. The number of hydrogen-bond acceptors (Lipinski definition) is 3. The lowest BCUT2D eigenvalue weighted by Crippen LogP contribution is -2.20. The number of halogens is 1. The third kappa shape index (κ3) is 2.14. The summed E-state index contributed by atoms with van der Waals surface area (Å²) in [5.74, 6) is 0.852. The quantitative estimate of drug-likeness (QED) is 0.810. The Hall–Kier alpha value is -0.740. The second kappa shape index (κ2) is 3.98. The van der Waals surface area contributed by atoms with E-state index in [1.807, 2.05) is 0 Å². The second-order valence-electron chi connectivity index (χ2n) is 2.91. The van der Waals surface area contributed by atoms with Gasteiger partial charge in [-0.25, -0.2) is 9.97 Å². The first kappa shape index (κ1) is 8.84. The highest BCUT2D eigenvalue weighted by Gasteiger charge is 2.07. The monoisotopic (exact) mass is 239 g/mol. The van der Waals surface area contributed by atoms with Crippen molar-refractivity contribution in [3.05, 3.63) is 28.8 Å². The molecule has 13 heavy (non-hydrogen) atoms. The van der Waals surface area contributed by atoms with Gasteiger partial charge in [0.2, 0.25) is 0 Å². The lowest BCUT2D eigenvalue weighted by Gasteiger charge is -2.12. The van der Waals surface area contributed by atoms with Gasteiger partial charge in [0.1, 0.15) is 0 Å². The van der Waals surface area contributed by atoms with Crippen molar-refractivity contribution < 1.29 is 0 Å². The molecule has 2 heterocycles. The zero-order valence-corrected chi connectivity index (χ0v) is 8.71. The molecular formula is C9H10BrN3. The number of aromatic nitrogens is 2. The molecule has 0 unspecified atom stereocenters. The molecule has 1 aromatic heterocycles. The van der Waals surface area contributed by atoms with E-state index in [0.29, 0.717) is 0 Å². The third-order valence-electron chi connectivity index (χ3n) is 1.97. The Kier molecular flexibility index (Phi) is 2.71. The summed E-state index contributed by atoms with van der Waals surface area (Å²) >= 11 is 3.31. The first-order chi connectivity index (χ1) is 6.36. The van der Waals surface area contributed by atoms with Crippen molar-refractivity contribution in [2.24, 2.45) is 0 Å². The first-order valence-electron chi connectivity index (χ1n) is 4.24. The van der Waals surface area contributed by atoms with Crippen LogP contribution in [0.5, 0.6) is 0 Å². The van der Waals surface area contributed by atoms with Crippen LogP contribution in [-0.4, -0.2) is 23.1 Å². The summed E-state index contributed by atoms with van der Waals surface area (Å²) in [6.45, 7) is 1.94. The van der Waals surface area contributed by atoms with Crippen molar-refractivity contribution >= 4 is 21.5 Å². The molecule has 0 amide bonds. The fourth-order valence-corrected chi connectivity index (χ4v) is 1.51. The summed E-state index contributed by atoms with van der Waals surface area (Å²) in [7, 11) is 0. The molecule has 1 aliphatic rings. The minimum atomic E-state index is 0.852. The Morgan fingerprint density at radius 1 is 1.31 bits per heavy atom. The van der Waals surface area contributed by atoms with Gasteiger partial charge in [-0.1, -0.05) is 6.08 Å². The van der Waals surface area contributed by atoms with Crippen LogP contribution in [0.1, 0.15) is 12.2 Å². The fourth-order valence-electron chi connectivity index (χ4n) is 1.30. The third-order valence-corrected chi connectivity index (χ3v) is 2.38. The van der Waals surface area contributed by atoms with Crippen molar-refractivity contribution in [2.75, 3.05) is 13.1 Å². The van der Waals surface area contributed by atoms with Gasteiger partial charge in [0.25, 0.3) is 0 Å². The van der Waals surface area contributed by atoms with E-state index in [2.05, 4.69) is 37.3 Å². The lowest BCUT2D eigenvalue weighted by atomic mass is 10.1. The largest absolute Gasteiger partial charge is 0.313 e. The topological polar surface area (TPSA) is 37.8 Å². The van der Waals surface area contributed by atoms with Crippen LogP contribution in [0, 0.1) is 0 Å². The van der Waals surface area contributed by atoms with Crippen molar-refractivity contribution in [3.63, 3.8) is 0 Å². The minimum absolute atomic E-state index is 0.852. The fraction of sp³-hybridized carbons (Fsp3) is 0.333. The van der Waals surface area contributed by atoms with Crippen LogP contribution in [0.2, 0.25) is 0 Å². The first-order valence-corrected chi connectivity index (χ1v) is 5.03. The molecule has 0 saturated carbocycles. The van der Waals surface area contributed by atoms with E-state index in [-0.39, 0.29) is 0 Å². The van der Waals surface area contributed by atoms with Gasteiger partial charge in [-0.3, -0.25) is 0 Å². The van der Waals surface area contributed by atoms with Crippen LogP contribution >= 0.6 is 15.9 Å². The van der Waals surface area contributed by atoms with Crippen LogP contribution in [0.25, 0.3) is 5.57 Å². The number of rotatable bonds is 1. The average Bonchev–Trinajstić information content (AvgIpc) is 2.20. The van der Waals surface area contributed by atoms with E-state index in [1.165, 1.54) is 5.57 Å². The van der Waals surface area contributed by atoms with Gasteiger partial charge in [0.15, 0.2) is 5.82 Å². The standard InChI is InChI=1S/C9H10BrN3/c10-8-5-12-9(13-6-8)7-1-3-11-4-2-7/h1,5-6,11H,2-4H2. The molecule has 1 N–H and O–H groups in total. The van der Waals surface area contributed by atoms with Gasteiger partial charge in [0, 0.05) is 18.9 Å². The smallest absolute Gasteiger partial charge is 0.154 e. The summed E-state index contributed by atoms with van der Waals surface area (Å²) in [6, 6.07) is 0. The molecule has 2 rings (SSSR count). The summed E-state index contributed by atoms with van der Waals surface area (Å²) in [5.41, 5.74) is 1.24. The van der Waals surface area contributed by atoms with Gasteiger partial charge in [0.05, 0.1) is 4.47 Å². The molecule has 0 spiro atoms. The van der Waals surface area contributed by atoms with Crippen LogP contribution in [-0.2, 0) is 0 Å². The predicted molar refractivity (Wildman–Crippen MR) is 55.2 cm³/mol. The Morgan fingerprint density at radius 3 is 2.69 bits per heavy atom. The average molecular weight is 240 g/mol. The summed E-state index contributed by atoms with van der Waals surface area (Å²) < 4.78 is 0.922. The Bertz CT molecular complexity index is 318. The maximum atomic E-state index is 4.25. The SMILES string of the molecule is Brc1cnc(C2=CCNCC2)nc1. The number of nitrogens with zero attached hydrogens (tertiary/aromatic N) is 2. The molecule has 0 radical (unpaired) electrons. The highest BCUT2D eigenvalue weighted by molar-refractivity contribution is 9.10. The number of nitrogens with one attached hydrogen (secondary N) is 1. The van der Waals surface area contributed by atoms with Crippen molar-refractivity contribution in [1.82, 2.24) is 15.3 Å². The second-order valence-corrected chi connectivity index (χ2v) is 3.82. The van der Waals surface area contributed by atoms with Crippen LogP contribution in [0.4, 0.5) is 0 Å². The van der Waals surface area contributed by atoms with E-state index in [0.717, 1.165) is 29.8 Å². The van der Waals surface area contributed by atoms with Crippen molar-refractivity contribution in [3.8, 4) is 0 Å². The highest BCUT2D eigenvalue weighted by atomic mass is 79.9. The predicted octanol–water partition coefficient (Wildman–Crippen LogP) is 1.62. The van der Waals surface area contributed by atoms with Gasteiger partial charge in [-0.05, 0) is 34.5 Å². The van der Waals surface area contributed by atoms with Crippen molar-refractivity contribution in [1.29, 1.82) is 0 Å². The molecule has 0 bridgehead atoms. The van der Waals surface area contributed by atoms with Crippen LogP contribution in [0.3, 0.4) is 0 Å². The lowest BCUT2D eigenvalue weighted by molar-refractivity contribution is 0.734. The van der Waals surface area contributed by atoms with Gasteiger partial charge in [-0.15, -0.1) is 0 Å². The zero-order chi connectivity index (χ0) is 9.10. The zero-order valence-electron chi connectivity index (χ0n) is 7.13. The van der Waals surface area contributed by atoms with E-state index in [1.54, 1.807) is 12.4 Å². The molecule has 0 atom stereocenters. The highest BCUT2D eigenvalue weighted by Crippen LogP contribution is 2.16. The Morgan fingerprint density at radius 2 is 2.08 bits per heavy atom. The summed E-state index contributed by atoms with van der Waals surface area (Å²) in [6.07, 6.45) is 6.73. The minimum Gasteiger partial charge on any atom is -0.313 e. The molecule has 0 fully saturated rings. The normalized spacial score (nSPS) is 16.8. The van der Waals surface area contributed by atoms with Gasteiger partial charge >= 0.3 is 0 Å². The van der Waals surface area contributed by atoms with E-state index in [9.17, 15) is 0 Å². The van der Waals surface area contributed by atoms with E-state index >= 15 is 0 Å². The molecule has 3 nitrogen and oxygen atoms in total. The molecule has 68 valence electrons. The van der Waals surface area contributed by atoms with Crippen LogP contribution in [0.15, 0.2) is 22.9 Å². The molecule has 1 aromatic rings. The Labute approximate surface area is 85.4 Å². The molecule has 0 aromatic carbocycles. The molecule has 0 aliphatic carbocycles. The van der Waals surface area contributed by atoms with Gasteiger partial charge in [-0.2, -0.15) is 0 Å². The maximum absolute atomic E-state index is 4.25.